The lowest BCUT2D eigenvalue weighted by Gasteiger charge is -2.17. The van der Waals surface area contributed by atoms with Crippen LogP contribution >= 0.6 is 0 Å². The maximum Gasteiger partial charge on any atom is 0.251 e. The fourth-order valence-electron chi connectivity index (χ4n) is 1.40. The van der Waals surface area contributed by atoms with Gasteiger partial charge in [-0.25, -0.2) is 8.78 Å². The van der Waals surface area contributed by atoms with Gasteiger partial charge in [0, 0.05) is 11.6 Å². The summed E-state index contributed by atoms with van der Waals surface area (Å²) in [5.74, 6) is -0.693. The minimum Gasteiger partial charge on any atom is -0.475 e. The van der Waals surface area contributed by atoms with E-state index in [1.807, 2.05) is 20.8 Å². The molecule has 20 heavy (non-hydrogen) atoms. The van der Waals surface area contributed by atoms with Gasteiger partial charge in [-0.15, -0.1) is 6.42 Å². The first-order chi connectivity index (χ1) is 9.36. The van der Waals surface area contributed by atoms with Crippen LogP contribution in [0.4, 0.5) is 8.78 Å². The predicted octanol–water partition coefficient (Wildman–Crippen LogP) is 2.75. The Labute approximate surface area is 117 Å². The summed E-state index contributed by atoms with van der Waals surface area (Å²) in [5, 5.41) is 2.67. The summed E-state index contributed by atoms with van der Waals surface area (Å²) in [6.07, 6.45) is 4.95. The number of nitrogens with one attached hydrogen (secondary N) is 1. The maximum absolute atomic E-state index is 13.7. The third kappa shape index (κ3) is 3.95. The molecule has 0 spiro atoms. The van der Waals surface area contributed by atoms with E-state index in [2.05, 4.69) is 11.2 Å². The van der Waals surface area contributed by atoms with Gasteiger partial charge in [0.1, 0.15) is 6.61 Å². The van der Waals surface area contributed by atoms with Crippen molar-refractivity contribution in [1.82, 2.24) is 5.32 Å². The van der Waals surface area contributed by atoms with Crippen molar-refractivity contribution in [2.45, 2.75) is 26.8 Å². The highest BCUT2D eigenvalue weighted by Gasteiger charge is 2.18. The van der Waals surface area contributed by atoms with Crippen LogP contribution in [0.5, 0.6) is 5.75 Å². The predicted molar refractivity (Wildman–Crippen MR) is 72.5 cm³/mol. The van der Waals surface area contributed by atoms with Crippen molar-refractivity contribution in [2.24, 2.45) is 5.92 Å². The summed E-state index contributed by atoms with van der Waals surface area (Å²) in [7, 11) is 0. The molecule has 1 rings (SSSR count). The van der Waals surface area contributed by atoms with Gasteiger partial charge in [-0.3, -0.25) is 4.79 Å². The molecule has 0 saturated carbocycles. The normalized spacial score (nSPS) is 11.8. The van der Waals surface area contributed by atoms with E-state index in [0.29, 0.717) is 0 Å². The molecule has 0 aliphatic carbocycles. The molecule has 5 heteroatoms. The third-order valence-corrected chi connectivity index (χ3v) is 2.92. The number of carbonyl (C=O) groups is 1. The van der Waals surface area contributed by atoms with Crippen molar-refractivity contribution >= 4 is 5.91 Å². The van der Waals surface area contributed by atoms with Gasteiger partial charge in [-0.2, -0.15) is 0 Å². The summed E-state index contributed by atoms with van der Waals surface area (Å²) in [5.41, 5.74) is -0.0967. The third-order valence-electron chi connectivity index (χ3n) is 2.92. The Bertz CT molecular complexity index is 512. The summed E-state index contributed by atoms with van der Waals surface area (Å²) >= 11 is 0. The van der Waals surface area contributed by atoms with Crippen LogP contribution in [0, 0.1) is 29.9 Å². The first kappa shape index (κ1) is 16.0. The minimum atomic E-state index is -0.956. The zero-order valence-corrected chi connectivity index (χ0v) is 11.7. The quantitative estimate of drug-likeness (QED) is 0.843. The van der Waals surface area contributed by atoms with Crippen LogP contribution in [0.3, 0.4) is 0 Å². The Morgan fingerprint density at radius 2 is 1.90 bits per heavy atom. The van der Waals surface area contributed by atoms with Crippen LogP contribution in [-0.2, 0) is 0 Å². The van der Waals surface area contributed by atoms with Crippen molar-refractivity contribution in [3.8, 4) is 18.1 Å². The number of halogens is 2. The molecule has 0 aliphatic rings. The topological polar surface area (TPSA) is 38.3 Å². The van der Waals surface area contributed by atoms with E-state index >= 15 is 0 Å². The number of terminal acetylenes is 1. The summed E-state index contributed by atoms with van der Waals surface area (Å²) < 4.78 is 32.1. The summed E-state index contributed by atoms with van der Waals surface area (Å²) in [4.78, 5) is 11.9. The molecular weight excluding hydrogens is 264 g/mol. The SMILES string of the molecule is C#CCOc1c(F)cc(C(=O)NC(C)C(C)C)cc1F. The lowest BCUT2D eigenvalue weighted by Crippen LogP contribution is -2.36. The van der Waals surface area contributed by atoms with Crippen molar-refractivity contribution in [2.75, 3.05) is 6.61 Å². The molecule has 1 aromatic carbocycles. The largest absolute Gasteiger partial charge is 0.475 e. The van der Waals surface area contributed by atoms with Gasteiger partial charge >= 0.3 is 0 Å². The first-order valence-electron chi connectivity index (χ1n) is 6.23. The molecule has 1 atom stereocenters. The van der Waals surface area contributed by atoms with Crippen LogP contribution in [-0.4, -0.2) is 18.6 Å². The molecule has 0 bridgehead atoms. The van der Waals surface area contributed by atoms with E-state index in [-0.39, 0.29) is 24.1 Å². The fourth-order valence-corrected chi connectivity index (χ4v) is 1.40. The Kier molecular flexibility index (Phi) is 5.51. The van der Waals surface area contributed by atoms with Crippen molar-refractivity contribution < 1.29 is 18.3 Å². The lowest BCUT2D eigenvalue weighted by atomic mass is 10.1. The average Bonchev–Trinajstić information content (AvgIpc) is 2.37. The van der Waals surface area contributed by atoms with Gasteiger partial charge in [0.25, 0.3) is 5.91 Å². The second kappa shape index (κ2) is 6.90. The lowest BCUT2D eigenvalue weighted by molar-refractivity contribution is 0.0929. The molecular formula is C15H17F2NO2. The number of hydrogen-bond acceptors (Lipinski definition) is 2. The van der Waals surface area contributed by atoms with Crippen LogP contribution in [0.2, 0.25) is 0 Å². The minimum absolute atomic E-state index is 0.0967. The number of amides is 1. The highest BCUT2D eigenvalue weighted by Crippen LogP contribution is 2.23. The molecule has 1 unspecified atom stereocenters. The zero-order valence-electron chi connectivity index (χ0n) is 11.7. The number of benzene rings is 1. The van der Waals surface area contributed by atoms with E-state index in [0.717, 1.165) is 12.1 Å². The van der Waals surface area contributed by atoms with E-state index in [4.69, 9.17) is 11.2 Å². The molecule has 0 aromatic heterocycles. The van der Waals surface area contributed by atoms with Gasteiger partial charge in [-0.1, -0.05) is 19.8 Å². The number of carbonyl (C=O) groups excluding carboxylic acids is 1. The molecule has 1 N–H and O–H groups in total. The van der Waals surface area contributed by atoms with Crippen LogP contribution in [0.15, 0.2) is 12.1 Å². The zero-order chi connectivity index (χ0) is 15.3. The second-order valence-electron chi connectivity index (χ2n) is 4.77. The molecule has 0 aliphatic heterocycles. The van der Waals surface area contributed by atoms with E-state index in [1.54, 1.807) is 0 Å². The molecule has 0 fully saturated rings. The van der Waals surface area contributed by atoms with Crippen molar-refractivity contribution in [3.63, 3.8) is 0 Å². The second-order valence-corrected chi connectivity index (χ2v) is 4.77. The van der Waals surface area contributed by atoms with Gasteiger partial charge in [0.2, 0.25) is 0 Å². The summed E-state index contributed by atoms with van der Waals surface area (Å²) in [6, 6.07) is 1.75. The Hall–Kier alpha value is -2.09. The smallest absolute Gasteiger partial charge is 0.251 e. The van der Waals surface area contributed by atoms with Crippen LogP contribution in [0.25, 0.3) is 0 Å². The van der Waals surface area contributed by atoms with Crippen molar-refractivity contribution in [3.05, 3.63) is 29.3 Å². The van der Waals surface area contributed by atoms with E-state index < -0.39 is 23.3 Å². The van der Waals surface area contributed by atoms with Gasteiger partial charge < -0.3 is 10.1 Å². The molecule has 0 saturated heterocycles. The van der Waals surface area contributed by atoms with Gasteiger partial charge in [-0.05, 0) is 25.0 Å². The molecule has 108 valence electrons. The Balaban J connectivity index is 2.93. The van der Waals surface area contributed by atoms with Crippen LogP contribution < -0.4 is 10.1 Å². The van der Waals surface area contributed by atoms with Crippen LogP contribution in [0.1, 0.15) is 31.1 Å². The number of rotatable bonds is 5. The fraction of sp³-hybridized carbons (Fsp3) is 0.400. The average molecular weight is 281 g/mol. The molecule has 0 heterocycles. The number of ether oxygens (including phenoxy) is 1. The molecule has 0 radical (unpaired) electrons. The Morgan fingerprint density at radius 3 is 2.35 bits per heavy atom. The van der Waals surface area contributed by atoms with E-state index in [9.17, 15) is 13.6 Å². The Morgan fingerprint density at radius 1 is 1.35 bits per heavy atom. The van der Waals surface area contributed by atoms with E-state index in [1.165, 1.54) is 0 Å². The molecule has 1 amide bonds. The first-order valence-corrected chi connectivity index (χ1v) is 6.23. The number of hydrogen-bond donors (Lipinski definition) is 1. The monoisotopic (exact) mass is 281 g/mol. The molecule has 3 nitrogen and oxygen atoms in total. The highest BCUT2D eigenvalue weighted by molar-refractivity contribution is 5.94. The molecule has 1 aromatic rings. The maximum atomic E-state index is 13.7. The van der Waals surface area contributed by atoms with Gasteiger partial charge in [0.15, 0.2) is 17.4 Å². The highest BCUT2D eigenvalue weighted by atomic mass is 19.1. The van der Waals surface area contributed by atoms with Crippen molar-refractivity contribution in [1.29, 1.82) is 0 Å². The summed E-state index contributed by atoms with van der Waals surface area (Å²) in [6.45, 7) is 5.44. The van der Waals surface area contributed by atoms with Gasteiger partial charge in [0.05, 0.1) is 0 Å². The standard InChI is InChI=1S/C15H17F2NO2/c1-5-6-20-14-12(16)7-11(8-13(14)17)15(19)18-10(4)9(2)3/h1,7-10H,6H2,2-4H3,(H,18,19).